The molecule has 0 atom stereocenters. The molecule has 26 heavy (non-hydrogen) atoms. The summed E-state index contributed by atoms with van der Waals surface area (Å²) in [6.45, 7) is 0.818. The van der Waals surface area contributed by atoms with Crippen LogP contribution in [0, 0.1) is 0 Å². The summed E-state index contributed by atoms with van der Waals surface area (Å²) in [6, 6.07) is 16.8. The maximum absolute atomic E-state index is 12.4. The Labute approximate surface area is 151 Å². The predicted octanol–water partition coefficient (Wildman–Crippen LogP) is 1.92. The summed E-state index contributed by atoms with van der Waals surface area (Å²) in [5.41, 5.74) is 2.38. The third-order valence-corrected chi connectivity index (χ3v) is 3.87. The van der Waals surface area contributed by atoms with Gasteiger partial charge in [0.1, 0.15) is 12.7 Å². The van der Waals surface area contributed by atoms with Gasteiger partial charge in [0, 0.05) is 19.3 Å². The summed E-state index contributed by atoms with van der Waals surface area (Å²) in [7, 11) is 1.61. The van der Waals surface area contributed by atoms with Gasteiger partial charge in [-0.1, -0.05) is 48.5 Å². The first-order valence-electron chi connectivity index (χ1n) is 8.14. The minimum atomic E-state index is -0.672. The van der Waals surface area contributed by atoms with Crippen molar-refractivity contribution < 1.29 is 9.59 Å². The maximum Gasteiger partial charge on any atom is 0.313 e. The van der Waals surface area contributed by atoms with Crippen molar-refractivity contribution in [3.8, 4) is 0 Å². The number of carbonyl (C=O) groups is 2. The average molecular weight is 349 g/mol. The normalized spacial score (nSPS) is 10.3. The van der Waals surface area contributed by atoms with Crippen LogP contribution in [0.4, 0.5) is 5.69 Å². The maximum atomic E-state index is 12.4. The van der Waals surface area contributed by atoms with E-state index in [0.29, 0.717) is 18.8 Å². The number of carbonyl (C=O) groups excluding carboxylic acids is 2. The highest BCUT2D eigenvalue weighted by atomic mass is 16.2. The number of anilines is 1. The Hall–Kier alpha value is -3.48. The Morgan fingerprint density at radius 2 is 1.81 bits per heavy atom. The summed E-state index contributed by atoms with van der Waals surface area (Å²) in [6.07, 6.45) is 3.04. The van der Waals surface area contributed by atoms with Gasteiger partial charge in [-0.05, 0) is 17.2 Å². The van der Waals surface area contributed by atoms with Crippen molar-refractivity contribution in [2.75, 3.05) is 12.4 Å². The number of likely N-dealkylation sites (N-methyl/N-ethyl adjacent to an activating group) is 1. The second kappa shape index (κ2) is 8.06. The van der Waals surface area contributed by atoms with Gasteiger partial charge in [0.2, 0.25) is 0 Å². The van der Waals surface area contributed by atoms with Crippen molar-refractivity contribution in [3.05, 3.63) is 78.4 Å². The molecule has 0 radical (unpaired) electrons. The summed E-state index contributed by atoms with van der Waals surface area (Å²) in [4.78, 5) is 30.0. The molecule has 2 aromatic carbocycles. The van der Waals surface area contributed by atoms with E-state index in [-0.39, 0.29) is 0 Å². The van der Waals surface area contributed by atoms with E-state index in [9.17, 15) is 9.59 Å². The molecule has 0 unspecified atom stereocenters. The largest absolute Gasteiger partial charge is 0.333 e. The highest BCUT2D eigenvalue weighted by Crippen LogP contribution is 2.16. The second-order valence-electron chi connectivity index (χ2n) is 5.85. The van der Waals surface area contributed by atoms with Crippen LogP contribution < -0.4 is 5.32 Å². The van der Waals surface area contributed by atoms with Crippen LogP contribution in [-0.2, 0) is 22.7 Å². The molecule has 3 rings (SSSR count). The molecule has 7 heteroatoms. The van der Waals surface area contributed by atoms with Crippen LogP contribution in [0.1, 0.15) is 11.1 Å². The van der Waals surface area contributed by atoms with Gasteiger partial charge < -0.3 is 10.2 Å². The average Bonchev–Trinajstić information content (AvgIpc) is 3.16. The fourth-order valence-corrected chi connectivity index (χ4v) is 2.55. The van der Waals surface area contributed by atoms with E-state index >= 15 is 0 Å². The Kier molecular flexibility index (Phi) is 5.38. The van der Waals surface area contributed by atoms with Gasteiger partial charge in [-0.25, -0.2) is 9.67 Å². The molecule has 0 aliphatic carbocycles. The molecule has 132 valence electrons. The van der Waals surface area contributed by atoms with Crippen molar-refractivity contribution in [3.63, 3.8) is 0 Å². The van der Waals surface area contributed by atoms with E-state index in [1.54, 1.807) is 30.2 Å². The molecule has 0 bridgehead atoms. The van der Waals surface area contributed by atoms with Crippen LogP contribution in [0.5, 0.6) is 0 Å². The molecule has 0 saturated heterocycles. The van der Waals surface area contributed by atoms with Gasteiger partial charge in [0.05, 0.1) is 6.54 Å². The van der Waals surface area contributed by atoms with Gasteiger partial charge in [0.25, 0.3) is 0 Å². The summed E-state index contributed by atoms with van der Waals surface area (Å²) in [5, 5.41) is 6.76. The molecule has 1 heterocycles. The molecule has 0 aliphatic rings. The fourth-order valence-electron chi connectivity index (χ4n) is 2.55. The van der Waals surface area contributed by atoms with E-state index in [4.69, 9.17) is 0 Å². The first-order chi connectivity index (χ1) is 12.6. The summed E-state index contributed by atoms with van der Waals surface area (Å²) < 4.78 is 1.65. The smallest absolute Gasteiger partial charge is 0.313 e. The molecule has 0 fully saturated rings. The van der Waals surface area contributed by atoms with Gasteiger partial charge in [-0.2, -0.15) is 5.10 Å². The van der Waals surface area contributed by atoms with E-state index in [2.05, 4.69) is 15.4 Å². The van der Waals surface area contributed by atoms with Crippen molar-refractivity contribution >= 4 is 17.5 Å². The zero-order valence-electron chi connectivity index (χ0n) is 14.4. The molecule has 1 N–H and O–H groups in total. The van der Waals surface area contributed by atoms with Crippen LogP contribution >= 0.6 is 0 Å². The first-order valence-corrected chi connectivity index (χ1v) is 8.14. The number of hydrogen-bond acceptors (Lipinski definition) is 4. The van der Waals surface area contributed by atoms with Gasteiger partial charge in [-0.3, -0.25) is 9.59 Å². The molecule has 0 aliphatic heterocycles. The van der Waals surface area contributed by atoms with E-state index in [1.807, 2.05) is 42.5 Å². The highest BCUT2D eigenvalue weighted by molar-refractivity contribution is 6.39. The minimum absolute atomic E-state index is 0.369. The van der Waals surface area contributed by atoms with Crippen LogP contribution in [-0.4, -0.2) is 38.5 Å². The lowest BCUT2D eigenvalue weighted by molar-refractivity contribution is -0.142. The zero-order chi connectivity index (χ0) is 18.4. The van der Waals surface area contributed by atoms with Crippen molar-refractivity contribution in [1.29, 1.82) is 0 Å². The van der Waals surface area contributed by atoms with Gasteiger partial charge in [0.15, 0.2) is 0 Å². The molecule has 7 nitrogen and oxygen atoms in total. The van der Waals surface area contributed by atoms with E-state index in [0.717, 1.165) is 11.1 Å². The number of nitrogens with one attached hydrogen (secondary N) is 1. The zero-order valence-corrected chi connectivity index (χ0v) is 14.4. The lowest BCUT2D eigenvalue weighted by atomic mass is 10.1. The Balaban J connectivity index is 1.66. The number of aromatic nitrogens is 3. The number of benzene rings is 2. The van der Waals surface area contributed by atoms with Crippen LogP contribution in [0.2, 0.25) is 0 Å². The summed E-state index contributed by atoms with van der Waals surface area (Å²) >= 11 is 0. The quantitative estimate of drug-likeness (QED) is 0.714. The molecular weight excluding hydrogens is 330 g/mol. The monoisotopic (exact) mass is 349 g/mol. The summed E-state index contributed by atoms with van der Waals surface area (Å²) in [5.74, 6) is -1.26. The topological polar surface area (TPSA) is 80.1 Å². The van der Waals surface area contributed by atoms with Crippen molar-refractivity contribution in [1.82, 2.24) is 19.7 Å². The Morgan fingerprint density at radius 3 is 2.54 bits per heavy atom. The minimum Gasteiger partial charge on any atom is -0.333 e. The number of amides is 2. The lowest BCUT2D eigenvalue weighted by Gasteiger charge is -2.17. The number of nitrogens with zero attached hydrogens (tertiary/aromatic N) is 4. The molecule has 1 aromatic heterocycles. The lowest BCUT2D eigenvalue weighted by Crippen LogP contribution is -2.36. The molecule has 0 saturated carbocycles. The van der Waals surface area contributed by atoms with Crippen molar-refractivity contribution in [2.24, 2.45) is 0 Å². The number of para-hydroxylation sites is 1. The third-order valence-electron chi connectivity index (χ3n) is 3.87. The predicted molar refractivity (Wildman–Crippen MR) is 97.1 cm³/mol. The SMILES string of the molecule is CN(Cc1ccccc1)C(=O)C(=O)Nc1ccccc1Cn1cncn1. The van der Waals surface area contributed by atoms with Crippen molar-refractivity contribution in [2.45, 2.75) is 13.1 Å². The number of hydrogen-bond donors (Lipinski definition) is 1. The molecule has 2 amide bonds. The molecule has 0 spiro atoms. The highest BCUT2D eigenvalue weighted by Gasteiger charge is 2.20. The molecular formula is C19H19N5O2. The van der Waals surface area contributed by atoms with Crippen LogP contribution in [0.25, 0.3) is 0 Å². The Morgan fingerprint density at radius 1 is 1.08 bits per heavy atom. The van der Waals surface area contributed by atoms with E-state index < -0.39 is 11.8 Å². The molecule has 3 aromatic rings. The standard InChI is InChI=1S/C19H19N5O2/c1-23(11-15-7-3-2-4-8-15)19(26)18(25)22-17-10-6-5-9-16(17)12-24-14-20-13-21-24/h2-10,13-14H,11-12H2,1H3,(H,22,25). The third kappa shape index (κ3) is 4.32. The Bertz CT molecular complexity index is 878. The number of rotatable bonds is 5. The van der Waals surface area contributed by atoms with E-state index in [1.165, 1.54) is 11.2 Å². The fraction of sp³-hybridized carbons (Fsp3) is 0.158. The van der Waals surface area contributed by atoms with Gasteiger partial charge in [-0.15, -0.1) is 0 Å². The van der Waals surface area contributed by atoms with Crippen LogP contribution in [0.3, 0.4) is 0 Å². The second-order valence-corrected chi connectivity index (χ2v) is 5.85. The van der Waals surface area contributed by atoms with Gasteiger partial charge >= 0.3 is 11.8 Å². The van der Waals surface area contributed by atoms with Crippen LogP contribution in [0.15, 0.2) is 67.3 Å². The first kappa shape index (κ1) is 17.3.